The lowest BCUT2D eigenvalue weighted by Crippen LogP contribution is -2.45. The number of aliphatic hydroxyl groups excluding tert-OH is 1. The van der Waals surface area contributed by atoms with Crippen molar-refractivity contribution in [3.63, 3.8) is 0 Å². The average Bonchev–Trinajstić information content (AvgIpc) is 3.44. The maximum absolute atomic E-state index is 13.1. The fourth-order valence-electron chi connectivity index (χ4n) is 6.39. The van der Waals surface area contributed by atoms with E-state index < -0.39 is 0 Å². The lowest BCUT2D eigenvalue weighted by atomic mass is 9.73. The zero-order valence-electron chi connectivity index (χ0n) is 24.8. The van der Waals surface area contributed by atoms with Gasteiger partial charge in [0.05, 0.1) is 12.3 Å². The molecule has 1 amide bonds. The van der Waals surface area contributed by atoms with Crippen molar-refractivity contribution in [1.82, 2.24) is 24.4 Å². The Morgan fingerprint density at radius 2 is 1.71 bits per heavy atom. The van der Waals surface area contributed by atoms with Crippen LogP contribution in [0, 0.1) is 6.92 Å². The number of carbonyl (C=O) groups excluding carboxylic acids is 1. The van der Waals surface area contributed by atoms with Gasteiger partial charge in [-0.2, -0.15) is 4.98 Å². The number of fused-ring (bicyclic) bond motifs is 1. The van der Waals surface area contributed by atoms with Crippen molar-refractivity contribution in [3.05, 3.63) is 83.6 Å². The van der Waals surface area contributed by atoms with Gasteiger partial charge in [-0.25, -0.2) is 4.52 Å². The molecule has 9 heteroatoms. The molecular formula is C33H41N7O2. The molecule has 2 aromatic carbocycles. The summed E-state index contributed by atoms with van der Waals surface area (Å²) in [6.45, 7) is 5.93. The highest BCUT2D eigenvalue weighted by Gasteiger charge is 2.36. The first kappa shape index (κ1) is 28.2. The monoisotopic (exact) mass is 567 g/mol. The minimum atomic E-state index is -0.217. The highest BCUT2D eigenvalue weighted by atomic mass is 16.3. The zero-order valence-corrected chi connectivity index (χ0v) is 24.8. The first-order chi connectivity index (χ1) is 20.3. The Morgan fingerprint density at radius 3 is 2.38 bits per heavy atom. The summed E-state index contributed by atoms with van der Waals surface area (Å²) < 4.78 is 1.81. The van der Waals surface area contributed by atoms with E-state index in [4.69, 9.17) is 4.98 Å². The zero-order chi connectivity index (χ0) is 29.3. The molecule has 2 aliphatic heterocycles. The first-order valence-electron chi connectivity index (χ1n) is 15.0. The van der Waals surface area contributed by atoms with Crippen molar-refractivity contribution >= 4 is 28.9 Å². The number of piperidine rings is 2. The van der Waals surface area contributed by atoms with E-state index in [0.717, 1.165) is 68.9 Å². The standard InChI is InChI=1S/C33H41N7O2/c1-24-6-10-26(11-7-24)33(23-41)16-21-39(22-17-33)29-5-4-18-40-30(29)35-32(36-40)34-27-12-8-25(9-13-27)31(42)38(3)28-14-19-37(2)20-15-28/h4-13,18,28,41H,14-17,19-23H2,1-3H3,(H,34,36). The molecule has 2 saturated heterocycles. The number of rotatable bonds is 7. The molecule has 2 N–H and O–H groups in total. The van der Waals surface area contributed by atoms with Crippen LogP contribution >= 0.6 is 0 Å². The Morgan fingerprint density at radius 1 is 1.02 bits per heavy atom. The van der Waals surface area contributed by atoms with Crippen molar-refractivity contribution in [1.29, 1.82) is 0 Å². The summed E-state index contributed by atoms with van der Waals surface area (Å²) >= 11 is 0. The van der Waals surface area contributed by atoms with E-state index in [1.165, 1.54) is 11.1 Å². The number of anilines is 3. The molecule has 4 heterocycles. The van der Waals surface area contributed by atoms with Gasteiger partial charge in [-0.3, -0.25) is 4.79 Å². The van der Waals surface area contributed by atoms with Crippen LogP contribution < -0.4 is 10.2 Å². The summed E-state index contributed by atoms with van der Waals surface area (Å²) in [4.78, 5) is 24.5. The van der Waals surface area contributed by atoms with Crippen LogP contribution in [0.15, 0.2) is 66.9 Å². The molecule has 0 aliphatic carbocycles. The number of hydrogen-bond donors (Lipinski definition) is 2. The second-order valence-electron chi connectivity index (χ2n) is 12.0. The van der Waals surface area contributed by atoms with Crippen molar-refractivity contribution in [3.8, 4) is 0 Å². The smallest absolute Gasteiger partial charge is 0.253 e. The topological polar surface area (TPSA) is 89.2 Å². The van der Waals surface area contributed by atoms with Crippen molar-refractivity contribution < 1.29 is 9.90 Å². The van der Waals surface area contributed by atoms with E-state index in [2.05, 4.69) is 64.5 Å². The third kappa shape index (κ3) is 5.58. The van der Waals surface area contributed by atoms with Gasteiger partial charge in [-0.05, 0) is 94.7 Å². The van der Waals surface area contributed by atoms with Crippen LogP contribution in [0.25, 0.3) is 5.65 Å². The molecule has 6 rings (SSSR count). The number of aromatic nitrogens is 3. The quantitative estimate of drug-likeness (QED) is 0.341. The molecule has 0 bridgehead atoms. The molecule has 2 aromatic heterocycles. The van der Waals surface area contributed by atoms with Crippen molar-refractivity contribution in [2.75, 3.05) is 57.1 Å². The predicted octanol–water partition coefficient (Wildman–Crippen LogP) is 4.48. The van der Waals surface area contributed by atoms with Gasteiger partial charge in [0, 0.05) is 49.0 Å². The van der Waals surface area contributed by atoms with Crippen LogP contribution in [-0.4, -0.2) is 88.3 Å². The molecule has 0 radical (unpaired) electrons. The predicted molar refractivity (Wildman–Crippen MR) is 167 cm³/mol. The number of aryl methyl sites for hydroxylation is 1. The lowest BCUT2D eigenvalue weighted by Gasteiger charge is -2.42. The Balaban J connectivity index is 1.13. The molecule has 2 fully saturated rings. The van der Waals surface area contributed by atoms with E-state index in [0.29, 0.717) is 11.5 Å². The van der Waals surface area contributed by atoms with E-state index in [-0.39, 0.29) is 24.0 Å². The van der Waals surface area contributed by atoms with Gasteiger partial charge < -0.3 is 25.1 Å². The third-order valence-corrected chi connectivity index (χ3v) is 9.31. The van der Waals surface area contributed by atoms with Gasteiger partial charge in [-0.15, -0.1) is 5.10 Å². The second-order valence-corrected chi connectivity index (χ2v) is 12.0. The lowest BCUT2D eigenvalue weighted by molar-refractivity contribution is 0.0659. The number of nitrogens with one attached hydrogen (secondary N) is 1. The average molecular weight is 568 g/mol. The molecule has 42 heavy (non-hydrogen) atoms. The summed E-state index contributed by atoms with van der Waals surface area (Å²) in [5.41, 5.74) is 5.56. The van der Waals surface area contributed by atoms with Gasteiger partial charge in [-0.1, -0.05) is 29.8 Å². The van der Waals surface area contributed by atoms with E-state index in [1.54, 1.807) is 4.52 Å². The summed E-state index contributed by atoms with van der Waals surface area (Å²) in [7, 11) is 4.04. The fourth-order valence-corrected chi connectivity index (χ4v) is 6.39. The van der Waals surface area contributed by atoms with Gasteiger partial charge in [0.1, 0.15) is 0 Å². The molecular weight excluding hydrogens is 526 g/mol. The molecule has 0 unspecified atom stereocenters. The summed E-state index contributed by atoms with van der Waals surface area (Å²) in [5, 5.41) is 18.4. The maximum atomic E-state index is 13.1. The highest BCUT2D eigenvalue weighted by molar-refractivity contribution is 5.94. The fraction of sp³-hybridized carbons (Fsp3) is 0.424. The Bertz CT molecular complexity index is 1520. The molecule has 9 nitrogen and oxygen atoms in total. The molecule has 2 aliphatic rings. The number of amides is 1. The van der Waals surface area contributed by atoms with Crippen LogP contribution in [0.4, 0.5) is 17.3 Å². The minimum Gasteiger partial charge on any atom is -0.395 e. The van der Waals surface area contributed by atoms with E-state index in [9.17, 15) is 9.90 Å². The number of hydrogen-bond acceptors (Lipinski definition) is 7. The normalized spacial score (nSPS) is 17.9. The van der Waals surface area contributed by atoms with Crippen LogP contribution in [0.1, 0.15) is 47.2 Å². The molecule has 220 valence electrons. The van der Waals surface area contributed by atoms with Gasteiger partial charge in [0.2, 0.25) is 5.95 Å². The number of carbonyl (C=O) groups is 1. The van der Waals surface area contributed by atoms with Gasteiger partial charge in [0.25, 0.3) is 5.91 Å². The number of nitrogens with zero attached hydrogens (tertiary/aromatic N) is 6. The molecule has 0 spiro atoms. The molecule has 0 atom stereocenters. The van der Waals surface area contributed by atoms with E-state index in [1.807, 2.05) is 48.5 Å². The maximum Gasteiger partial charge on any atom is 0.253 e. The number of benzene rings is 2. The van der Waals surface area contributed by atoms with Crippen LogP contribution in [0.5, 0.6) is 0 Å². The highest BCUT2D eigenvalue weighted by Crippen LogP contribution is 2.37. The molecule has 4 aromatic rings. The number of aliphatic hydroxyl groups is 1. The summed E-state index contributed by atoms with van der Waals surface area (Å²) in [5.74, 6) is 0.562. The number of pyridine rings is 1. The third-order valence-electron chi connectivity index (χ3n) is 9.31. The van der Waals surface area contributed by atoms with Gasteiger partial charge >= 0.3 is 0 Å². The Kier molecular flexibility index (Phi) is 7.88. The van der Waals surface area contributed by atoms with Crippen molar-refractivity contribution in [2.45, 2.75) is 44.1 Å². The van der Waals surface area contributed by atoms with Crippen molar-refractivity contribution in [2.24, 2.45) is 0 Å². The second kappa shape index (κ2) is 11.7. The van der Waals surface area contributed by atoms with Crippen LogP contribution in [-0.2, 0) is 5.41 Å². The minimum absolute atomic E-state index is 0.0562. The summed E-state index contributed by atoms with van der Waals surface area (Å²) in [6, 6.07) is 20.5. The van der Waals surface area contributed by atoms with Gasteiger partial charge in [0.15, 0.2) is 5.65 Å². The van der Waals surface area contributed by atoms with Crippen LogP contribution in [0.2, 0.25) is 0 Å². The SMILES string of the molecule is Cc1ccc(C2(CO)CCN(c3cccn4nc(Nc5ccc(C(=O)N(C)C6CCN(C)CC6)cc5)nc34)CC2)cc1. The first-order valence-corrected chi connectivity index (χ1v) is 15.0. The Labute approximate surface area is 247 Å². The van der Waals surface area contributed by atoms with E-state index >= 15 is 0 Å². The molecule has 0 saturated carbocycles. The number of likely N-dealkylation sites (tertiary alicyclic amines) is 1. The van der Waals surface area contributed by atoms with Crippen LogP contribution in [0.3, 0.4) is 0 Å². The largest absolute Gasteiger partial charge is 0.395 e. The Hall–Kier alpha value is -3.95. The summed E-state index contributed by atoms with van der Waals surface area (Å²) in [6.07, 6.45) is 5.65.